The summed E-state index contributed by atoms with van der Waals surface area (Å²) in [5, 5.41) is 21.0. The lowest BCUT2D eigenvalue weighted by atomic mass is 9.99. The van der Waals surface area contributed by atoms with Gasteiger partial charge in [0.1, 0.15) is 0 Å². The van der Waals surface area contributed by atoms with E-state index >= 15 is 0 Å². The van der Waals surface area contributed by atoms with Crippen molar-refractivity contribution in [1.29, 1.82) is 0 Å². The Morgan fingerprint density at radius 1 is 0.841 bits per heavy atom. The lowest BCUT2D eigenvalue weighted by molar-refractivity contribution is -0.252. The third-order valence-electron chi connectivity index (χ3n) is 7.97. The van der Waals surface area contributed by atoms with Crippen LogP contribution >= 0.6 is 0 Å². The average Bonchev–Trinajstić information content (AvgIpc) is 3.47. The number of nitrogens with one attached hydrogen (secondary N) is 2. The summed E-state index contributed by atoms with van der Waals surface area (Å²) in [6.45, 7) is 1.06. The number of imidazole rings is 1. The summed E-state index contributed by atoms with van der Waals surface area (Å²) < 4.78 is 15.1. The van der Waals surface area contributed by atoms with Gasteiger partial charge in [-0.05, 0) is 41.7 Å². The number of aromatic nitrogens is 2. The Labute approximate surface area is 257 Å². The number of aliphatic hydroxyl groups excluding tert-OH is 1. The molecule has 10 heteroatoms. The molecule has 0 radical (unpaired) electrons. The number of ether oxygens (including phenoxy) is 2. The van der Waals surface area contributed by atoms with Crippen molar-refractivity contribution in [2.45, 2.75) is 83.1 Å². The number of rotatable bonds is 14. The fourth-order valence-electron chi connectivity index (χ4n) is 5.47. The van der Waals surface area contributed by atoms with Crippen molar-refractivity contribution in [3.05, 3.63) is 101 Å². The largest absolute Gasteiger partial charge is 0.392 e. The number of amides is 2. The summed E-state index contributed by atoms with van der Waals surface area (Å²) in [6.07, 6.45) is 5.49. The molecule has 4 N–H and O–H groups in total. The quantitative estimate of drug-likeness (QED) is 0.0884. The van der Waals surface area contributed by atoms with Gasteiger partial charge in [0.05, 0.1) is 42.7 Å². The second-order valence-electron chi connectivity index (χ2n) is 11.2. The minimum atomic E-state index is -0.571. The first-order valence-electron chi connectivity index (χ1n) is 15.2. The molecule has 0 aliphatic carbocycles. The number of unbranched alkanes of at least 4 members (excludes halogenated alkanes) is 3. The number of benzene rings is 3. The van der Waals surface area contributed by atoms with Crippen molar-refractivity contribution in [2.75, 3.05) is 0 Å². The fourth-order valence-corrected chi connectivity index (χ4v) is 5.47. The van der Waals surface area contributed by atoms with Crippen molar-refractivity contribution >= 4 is 22.8 Å². The van der Waals surface area contributed by atoms with E-state index in [2.05, 4.69) is 20.9 Å². The van der Waals surface area contributed by atoms with Crippen LogP contribution in [0.4, 0.5) is 0 Å². The molecule has 2 heterocycles. The van der Waals surface area contributed by atoms with E-state index in [-0.39, 0.29) is 37.0 Å². The van der Waals surface area contributed by atoms with E-state index in [0.29, 0.717) is 32.4 Å². The van der Waals surface area contributed by atoms with E-state index in [4.69, 9.17) is 14.7 Å². The number of aliphatic hydroxyl groups is 1. The number of para-hydroxylation sites is 2. The summed E-state index contributed by atoms with van der Waals surface area (Å²) in [5.74, 6) is -0.391. The molecule has 0 unspecified atom stereocenters. The van der Waals surface area contributed by atoms with E-state index in [9.17, 15) is 14.7 Å². The molecule has 1 saturated heterocycles. The SMILES string of the molecule is O=C(CCCCCCC(=O)NCc1ccc([C@H]2O[C@@H](Cn3cnc4ccccc43)C[C@@H](c3ccc(CO)cc3)O2)cc1)NO. The Kier molecular flexibility index (Phi) is 11.1. The van der Waals surface area contributed by atoms with Crippen LogP contribution < -0.4 is 10.8 Å². The highest BCUT2D eigenvalue weighted by atomic mass is 16.7. The second kappa shape index (κ2) is 15.6. The van der Waals surface area contributed by atoms with Crippen LogP contribution in [0.15, 0.2) is 79.1 Å². The lowest BCUT2D eigenvalue weighted by Crippen LogP contribution is -2.32. The van der Waals surface area contributed by atoms with E-state index in [0.717, 1.165) is 52.5 Å². The maximum absolute atomic E-state index is 12.3. The number of nitrogens with zero attached hydrogens (tertiary/aromatic N) is 2. The zero-order valence-electron chi connectivity index (χ0n) is 24.7. The topological polar surface area (TPSA) is 135 Å². The first-order chi connectivity index (χ1) is 21.5. The van der Waals surface area contributed by atoms with Crippen LogP contribution in [0.5, 0.6) is 0 Å². The molecule has 3 aromatic carbocycles. The Balaban J connectivity index is 1.18. The highest BCUT2D eigenvalue weighted by molar-refractivity contribution is 5.76. The highest BCUT2D eigenvalue weighted by Crippen LogP contribution is 2.38. The van der Waals surface area contributed by atoms with Crippen LogP contribution in [0, 0.1) is 0 Å². The zero-order valence-corrected chi connectivity index (χ0v) is 24.7. The van der Waals surface area contributed by atoms with E-state index in [1.54, 1.807) is 5.48 Å². The van der Waals surface area contributed by atoms with Gasteiger partial charge in [0.2, 0.25) is 11.8 Å². The molecule has 0 spiro atoms. The summed E-state index contributed by atoms with van der Waals surface area (Å²) in [7, 11) is 0. The van der Waals surface area contributed by atoms with Crippen molar-refractivity contribution in [2.24, 2.45) is 0 Å². The van der Waals surface area contributed by atoms with Crippen molar-refractivity contribution in [3.63, 3.8) is 0 Å². The van der Waals surface area contributed by atoms with Gasteiger partial charge in [-0.2, -0.15) is 0 Å². The minimum absolute atomic E-state index is 0.00589. The molecular weight excluding hydrogens is 560 g/mol. The van der Waals surface area contributed by atoms with E-state index in [1.807, 2.05) is 73.1 Å². The molecule has 2 amide bonds. The molecule has 4 aromatic rings. The van der Waals surface area contributed by atoms with Crippen molar-refractivity contribution < 1.29 is 29.4 Å². The standard InChI is InChI=1S/C34H40N4O6/c39-22-25-13-15-26(16-14-25)31-19-28(21-38-23-36-29-7-5-6-8-30(29)38)43-34(44-31)27-17-11-24(12-18-27)20-35-32(40)9-3-1-2-4-10-33(41)37-42/h5-8,11-18,23,28,31,34,39,42H,1-4,9-10,19-22H2,(H,35,40)(H,37,41)/t28-,31+,34+/m1/s1. The third-order valence-corrected chi connectivity index (χ3v) is 7.97. The Hall–Kier alpha value is -4.09. The molecule has 0 saturated carbocycles. The smallest absolute Gasteiger partial charge is 0.243 e. The highest BCUT2D eigenvalue weighted by Gasteiger charge is 2.32. The lowest BCUT2D eigenvalue weighted by Gasteiger charge is -2.36. The summed E-state index contributed by atoms with van der Waals surface area (Å²) >= 11 is 0. The molecule has 1 aliphatic heterocycles. The predicted octanol–water partition coefficient (Wildman–Crippen LogP) is 5.24. The van der Waals surface area contributed by atoms with Gasteiger partial charge in [-0.15, -0.1) is 0 Å². The van der Waals surface area contributed by atoms with Crippen LogP contribution in [0.25, 0.3) is 11.0 Å². The minimum Gasteiger partial charge on any atom is -0.392 e. The molecule has 0 bridgehead atoms. The Morgan fingerprint density at radius 3 is 2.25 bits per heavy atom. The Bertz CT molecular complexity index is 1500. The fraction of sp³-hybridized carbons (Fsp3) is 0.382. The van der Waals surface area contributed by atoms with Crippen LogP contribution in [-0.2, 0) is 38.8 Å². The van der Waals surface area contributed by atoms with E-state index in [1.165, 1.54) is 0 Å². The molecule has 3 atom stereocenters. The van der Waals surface area contributed by atoms with Crippen LogP contribution in [-0.4, -0.2) is 37.8 Å². The summed E-state index contributed by atoms with van der Waals surface area (Å²) in [6, 6.07) is 23.8. The molecule has 1 aromatic heterocycles. The molecular formula is C34H40N4O6. The van der Waals surface area contributed by atoms with Crippen molar-refractivity contribution in [1.82, 2.24) is 20.3 Å². The van der Waals surface area contributed by atoms with Crippen LogP contribution in [0.2, 0.25) is 0 Å². The maximum atomic E-state index is 12.3. The predicted molar refractivity (Wildman–Crippen MR) is 164 cm³/mol. The molecule has 1 aliphatic rings. The van der Waals surface area contributed by atoms with Gasteiger partial charge < -0.3 is 24.5 Å². The number of fused-ring (bicyclic) bond motifs is 1. The summed E-state index contributed by atoms with van der Waals surface area (Å²) in [5.41, 5.74) is 7.39. The first-order valence-corrected chi connectivity index (χ1v) is 15.2. The van der Waals surface area contributed by atoms with Gasteiger partial charge in [-0.3, -0.25) is 14.8 Å². The monoisotopic (exact) mass is 600 g/mol. The third kappa shape index (κ3) is 8.51. The molecule has 10 nitrogen and oxygen atoms in total. The van der Waals surface area contributed by atoms with Gasteiger partial charge in [0.25, 0.3) is 0 Å². The molecule has 232 valence electrons. The number of hydrogen-bond donors (Lipinski definition) is 4. The van der Waals surface area contributed by atoms with Crippen LogP contribution in [0.3, 0.4) is 0 Å². The maximum Gasteiger partial charge on any atom is 0.243 e. The van der Waals surface area contributed by atoms with Crippen molar-refractivity contribution in [3.8, 4) is 0 Å². The number of hydroxylamine groups is 1. The number of carbonyl (C=O) groups excluding carboxylic acids is 2. The zero-order chi connectivity index (χ0) is 30.7. The molecule has 5 rings (SSSR count). The van der Waals surface area contributed by atoms with Crippen LogP contribution in [0.1, 0.15) is 79.6 Å². The van der Waals surface area contributed by atoms with Gasteiger partial charge in [0, 0.05) is 31.4 Å². The summed E-state index contributed by atoms with van der Waals surface area (Å²) in [4.78, 5) is 27.9. The molecule has 1 fully saturated rings. The first kappa shape index (κ1) is 31.3. The Morgan fingerprint density at radius 2 is 1.52 bits per heavy atom. The van der Waals surface area contributed by atoms with Gasteiger partial charge in [0.15, 0.2) is 6.29 Å². The number of hydrogen-bond acceptors (Lipinski definition) is 7. The van der Waals surface area contributed by atoms with E-state index < -0.39 is 6.29 Å². The normalized spacial score (nSPS) is 18.3. The van der Waals surface area contributed by atoms with Gasteiger partial charge in [-0.1, -0.05) is 73.5 Å². The molecule has 44 heavy (non-hydrogen) atoms. The van der Waals surface area contributed by atoms with Gasteiger partial charge >= 0.3 is 0 Å². The van der Waals surface area contributed by atoms with Gasteiger partial charge in [-0.25, -0.2) is 10.5 Å². The number of carbonyl (C=O) groups is 2. The average molecular weight is 601 g/mol. The second-order valence-corrected chi connectivity index (χ2v) is 11.2.